The Morgan fingerprint density at radius 3 is 2.48 bits per heavy atom. The van der Waals surface area contributed by atoms with Gasteiger partial charge in [0, 0.05) is 17.7 Å². The van der Waals surface area contributed by atoms with Gasteiger partial charge in [0.05, 0.1) is 11.6 Å². The average molecular weight is 338 g/mol. The molecule has 3 N–H and O–H groups in total. The largest absolute Gasteiger partial charge is 0.510 e. The van der Waals surface area contributed by atoms with E-state index >= 15 is 0 Å². The molecule has 0 aromatic heterocycles. The van der Waals surface area contributed by atoms with Crippen LogP contribution < -0.4 is 5.32 Å². The zero-order valence-electron chi connectivity index (χ0n) is 13.8. The Bertz CT molecular complexity index is 648. The summed E-state index contributed by atoms with van der Waals surface area (Å²) in [4.78, 5) is 0. The van der Waals surface area contributed by atoms with E-state index in [1.807, 2.05) is 26.0 Å². The molecule has 2 aliphatic rings. The first kappa shape index (κ1) is 16.8. The molecule has 1 fully saturated rings. The predicted octanol–water partition coefficient (Wildman–Crippen LogP) is 3.48. The van der Waals surface area contributed by atoms with Crippen molar-refractivity contribution in [3.8, 4) is 0 Å². The lowest BCUT2D eigenvalue weighted by Crippen LogP contribution is -2.49. The molecule has 3 rings (SSSR count). The minimum Gasteiger partial charge on any atom is -0.510 e. The summed E-state index contributed by atoms with van der Waals surface area (Å²) >= 11 is 6.17. The van der Waals surface area contributed by atoms with Crippen LogP contribution in [0.1, 0.15) is 42.4 Å². The molecule has 4 nitrogen and oxygen atoms in total. The first-order valence-electron chi connectivity index (χ1n) is 8.07. The minimum atomic E-state index is -0.867. The number of methoxy groups -OCH3 is 1. The maximum absolute atomic E-state index is 10.9. The van der Waals surface area contributed by atoms with Gasteiger partial charge in [0.15, 0.2) is 0 Å². The summed E-state index contributed by atoms with van der Waals surface area (Å²) in [7, 11) is 1.72. The smallest absolute Gasteiger partial charge is 0.135 e. The van der Waals surface area contributed by atoms with Gasteiger partial charge in [-0.2, -0.15) is 0 Å². The van der Waals surface area contributed by atoms with Gasteiger partial charge in [0.1, 0.15) is 12.0 Å². The van der Waals surface area contributed by atoms with E-state index in [4.69, 9.17) is 16.3 Å². The lowest BCUT2D eigenvalue weighted by atomic mass is 9.79. The van der Waals surface area contributed by atoms with E-state index in [1.165, 1.54) is 0 Å². The fourth-order valence-corrected chi connectivity index (χ4v) is 4.05. The quantitative estimate of drug-likeness (QED) is 0.773. The number of aryl methyl sites for hydroxylation is 2. The standard InChI is InChI=1S/C18H24ClNO3/c1-10-9-14(19)11(2)8-13(10)15-16(21)18(20-17(15)22)6-4-12(23-3)5-7-18/h8-9,12,17,20-22H,4-7H2,1-3H3. The van der Waals surface area contributed by atoms with E-state index in [9.17, 15) is 10.2 Å². The van der Waals surface area contributed by atoms with Gasteiger partial charge in [0.25, 0.3) is 0 Å². The maximum atomic E-state index is 10.9. The van der Waals surface area contributed by atoms with Gasteiger partial charge < -0.3 is 14.9 Å². The van der Waals surface area contributed by atoms with Crippen LogP contribution in [0.25, 0.3) is 5.57 Å². The van der Waals surface area contributed by atoms with E-state index in [1.54, 1.807) is 7.11 Å². The zero-order valence-corrected chi connectivity index (χ0v) is 14.6. The van der Waals surface area contributed by atoms with Gasteiger partial charge in [-0.3, -0.25) is 5.32 Å². The molecule has 1 heterocycles. The number of nitrogens with one attached hydrogen (secondary N) is 1. The number of hydrogen-bond acceptors (Lipinski definition) is 4. The van der Waals surface area contributed by atoms with Crippen LogP contribution in [0.3, 0.4) is 0 Å². The van der Waals surface area contributed by atoms with Crippen molar-refractivity contribution in [2.24, 2.45) is 0 Å². The highest BCUT2D eigenvalue weighted by atomic mass is 35.5. The van der Waals surface area contributed by atoms with Crippen LogP contribution >= 0.6 is 11.6 Å². The second-order valence-corrected chi connectivity index (χ2v) is 7.15. The monoisotopic (exact) mass is 337 g/mol. The fraction of sp³-hybridized carbons (Fsp3) is 0.556. The highest BCUT2D eigenvalue weighted by molar-refractivity contribution is 6.31. The third kappa shape index (κ3) is 2.78. The molecule has 23 heavy (non-hydrogen) atoms. The van der Waals surface area contributed by atoms with E-state index < -0.39 is 11.8 Å². The lowest BCUT2D eigenvalue weighted by Gasteiger charge is -2.37. The maximum Gasteiger partial charge on any atom is 0.135 e. The van der Waals surface area contributed by atoms with Crippen molar-refractivity contribution in [1.29, 1.82) is 0 Å². The lowest BCUT2D eigenvalue weighted by molar-refractivity contribution is 0.0341. The topological polar surface area (TPSA) is 61.7 Å². The molecule has 0 radical (unpaired) electrons. The Labute approximate surface area is 142 Å². The molecule has 1 atom stereocenters. The second-order valence-electron chi connectivity index (χ2n) is 6.74. The number of halogens is 1. The molecule has 5 heteroatoms. The van der Waals surface area contributed by atoms with Gasteiger partial charge >= 0.3 is 0 Å². The number of aliphatic hydroxyl groups excluding tert-OH is 2. The molecular weight excluding hydrogens is 314 g/mol. The van der Waals surface area contributed by atoms with Crippen LogP contribution in [0.2, 0.25) is 5.02 Å². The van der Waals surface area contributed by atoms with E-state index in [2.05, 4.69) is 5.32 Å². The third-order valence-electron chi connectivity index (χ3n) is 5.31. The minimum absolute atomic E-state index is 0.232. The molecule has 0 saturated heterocycles. The van der Waals surface area contributed by atoms with Crippen LogP contribution in [0.4, 0.5) is 0 Å². The number of aliphatic hydroxyl groups is 2. The van der Waals surface area contributed by atoms with Crippen molar-refractivity contribution < 1.29 is 14.9 Å². The highest BCUT2D eigenvalue weighted by Gasteiger charge is 2.47. The third-order valence-corrected chi connectivity index (χ3v) is 5.72. The van der Waals surface area contributed by atoms with Crippen molar-refractivity contribution >= 4 is 17.2 Å². The normalized spacial score (nSPS) is 31.2. The number of ether oxygens (including phenoxy) is 1. The van der Waals surface area contributed by atoms with Crippen molar-refractivity contribution in [1.82, 2.24) is 5.32 Å². The number of hydrogen-bond donors (Lipinski definition) is 3. The molecule has 1 spiro atoms. The van der Waals surface area contributed by atoms with Crippen molar-refractivity contribution in [3.63, 3.8) is 0 Å². The molecule has 1 unspecified atom stereocenters. The summed E-state index contributed by atoms with van der Waals surface area (Å²) in [6.45, 7) is 3.87. The Kier molecular flexibility index (Phi) is 4.45. The molecular formula is C18H24ClNO3. The Morgan fingerprint density at radius 1 is 1.22 bits per heavy atom. The Morgan fingerprint density at radius 2 is 1.87 bits per heavy atom. The predicted molar refractivity (Wildman–Crippen MR) is 91.6 cm³/mol. The second kappa shape index (κ2) is 6.10. The summed E-state index contributed by atoms with van der Waals surface area (Å²) in [5, 5.41) is 25.4. The number of benzene rings is 1. The van der Waals surface area contributed by atoms with Crippen LogP contribution in [0, 0.1) is 13.8 Å². The molecule has 0 bridgehead atoms. The fourth-order valence-electron chi connectivity index (χ4n) is 3.84. The van der Waals surface area contributed by atoms with Crippen LogP contribution in [-0.4, -0.2) is 35.2 Å². The first-order valence-corrected chi connectivity index (χ1v) is 8.45. The molecule has 1 saturated carbocycles. The molecule has 1 aromatic carbocycles. The average Bonchev–Trinajstić information content (AvgIpc) is 2.75. The van der Waals surface area contributed by atoms with E-state index in [0.717, 1.165) is 42.4 Å². The SMILES string of the molecule is COC1CCC2(CC1)NC(O)C(c1cc(C)c(Cl)cc1C)=C2O. The van der Waals surface area contributed by atoms with E-state index in [0.29, 0.717) is 10.6 Å². The molecule has 1 aliphatic heterocycles. The van der Waals surface area contributed by atoms with Gasteiger partial charge in [-0.1, -0.05) is 11.6 Å². The molecule has 1 aromatic rings. The molecule has 1 aliphatic carbocycles. The summed E-state index contributed by atoms with van der Waals surface area (Å²) < 4.78 is 5.41. The van der Waals surface area contributed by atoms with Crippen LogP contribution in [0.15, 0.2) is 17.9 Å². The summed E-state index contributed by atoms with van der Waals surface area (Å²) in [6, 6.07) is 3.82. The highest BCUT2D eigenvalue weighted by Crippen LogP contribution is 2.44. The van der Waals surface area contributed by atoms with Gasteiger partial charge in [-0.05, 0) is 68.4 Å². The zero-order chi connectivity index (χ0) is 16.8. The van der Waals surface area contributed by atoms with Crippen molar-refractivity contribution in [3.05, 3.63) is 39.6 Å². The van der Waals surface area contributed by atoms with Crippen molar-refractivity contribution in [2.45, 2.75) is 57.4 Å². The van der Waals surface area contributed by atoms with Crippen LogP contribution in [-0.2, 0) is 4.74 Å². The van der Waals surface area contributed by atoms with Gasteiger partial charge in [-0.25, -0.2) is 0 Å². The summed E-state index contributed by atoms with van der Waals surface area (Å²) in [6.07, 6.45) is 2.61. The van der Waals surface area contributed by atoms with E-state index in [-0.39, 0.29) is 11.9 Å². The molecule has 0 amide bonds. The summed E-state index contributed by atoms with van der Waals surface area (Å²) in [5.74, 6) is 0.268. The first-order chi connectivity index (χ1) is 10.9. The Hall–Kier alpha value is -1.07. The Balaban J connectivity index is 2.00. The van der Waals surface area contributed by atoms with Crippen molar-refractivity contribution in [2.75, 3.05) is 7.11 Å². The summed E-state index contributed by atoms with van der Waals surface area (Å²) in [5.41, 5.74) is 2.78. The van der Waals surface area contributed by atoms with Gasteiger partial charge in [0.2, 0.25) is 0 Å². The molecule has 126 valence electrons. The van der Waals surface area contributed by atoms with Gasteiger partial charge in [-0.15, -0.1) is 0 Å². The number of rotatable bonds is 2. The van der Waals surface area contributed by atoms with Crippen LogP contribution in [0.5, 0.6) is 0 Å².